The maximum Gasteiger partial charge on any atom is 0.329 e. The Labute approximate surface area is 239 Å². The highest BCUT2D eigenvalue weighted by Gasteiger charge is 2.62. The van der Waals surface area contributed by atoms with E-state index in [2.05, 4.69) is 19.1 Å². The fraction of sp³-hybridized carbons (Fsp3) is 0.500. The molecule has 0 aliphatic carbocycles. The van der Waals surface area contributed by atoms with Crippen molar-refractivity contribution in [3.05, 3.63) is 71.8 Å². The number of aryl methyl sites for hydroxylation is 1. The smallest absolute Gasteiger partial charge is 0.329 e. The van der Waals surface area contributed by atoms with Gasteiger partial charge in [-0.2, -0.15) is 8.42 Å². The van der Waals surface area contributed by atoms with Gasteiger partial charge in [0, 0.05) is 5.75 Å². The van der Waals surface area contributed by atoms with Gasteiger partial charge in [0.25, 0.3) is 16.0 Å². The number of hydrogen-bond donors (Lipinski definition) is 0. The van der Waals surface area contributed by atoms with Crippen molar-refractivity contribution in [3.63, 3.8) is 0 Å². The number of fused-ring (bicyclic) bond motifs is 2. The van der Waals surface area contributed by atoms with Gasteiger partial charge in [-0.25, -0.2) is 4.79 Å². The molecule has 0 saturated carbocycles. The van der Waals surface area contributed by atoms with Gasteiger partial charge < -0.3 is 23.8 Å². The number of carbonyl (C=O) groups excluding carboxylic acids is 2. The van der Waals surface area contributed by atoms with Gasteiger partial charge in [0.05, 0.1) is 20.0 Å². The molecule has 0 bridgehead atoms. The molecule has 3 fully saturated rings. The molecule has 0 unspecified atom stereocenters. The van der Waals surface area contributed by atoms with E-state index in [0.29, 0.717) is 0 Å². The molecule has 0 aromatic heterocycles. The summed E-state index contributed by atoms with van der Waals surface area (Å²) in [6.45, 7) is 5.65. The minimum Gasteiger partial charge on any atom is -0.467 e. The van der Waals surface area contributed by atoms with Crippen LogP contribution >= 0.6 is 11.8 Å². The summed E-state index contributed by atoms with van der Waals surface area (Å²) in [5.41, 5.74) is 2.23. The highest BCUT2D eigenvalue weighted by Crippen LogP contribution is 2.44. The van der Waals surface area contributed by atoms with Gasteiger partial charge in [-0.15, -0.1) is 11.8 Å². The molecule has 0 spiro atoms. The molecule has 3 saturated heterocycles. The topological polar surface area (TPSA) is 118 Å². The molecule has 3 aliphatic rings. The average Bonchev–Trinajstić information content (AvgIpc) is 3.46. The van der Waals surface area contributed by atoms with Gasteiger partial charge in [0.2, 0.25) is 0 Å². The first kappa shape index (κ1) is 30.5. The van der Waals surface area contributed by atoms with E-state index in [1.807, 2.05) is 48.5 Å². The average molecular weight is 594 g/mol. The summed E-state index contributed by atoms with van der Waals surface area (Å²) in [4.78, 5) is 27.4. The van der Waals surface area contributed by atoms with Crippen LogP contribution in [0.15, 0.2) is 60.7 Å². The molecule has 5 rings (SSSR count). The third-order valence-corrected chi connectivity index (χ3v) is 8.48. The normalized spacial score (nSPS) is 29.0. The van der Waals surface area contributed by atoms with E-state index in [-0.39, 0.29) is 12.4 Å². The zero-order valence-corrected chi connectivity index (χ0v) is 24.7. The van der Waals surface area contributed by atoms with Crippen LogP contribution in [-0.2, 0) is 49.4 Å². The molecule has 0 radical (unpaired) electrons. The molecule has 12 heteroatoms. The van der Waals surface area contributed by atoms with Crippen molar-refractivity contribution in [1.29, 1.82) is 0 Å². The molecule has 3 aliphatic heterocycles. The number of hydrogen-bond acceptors (Lipinski definition) is 10. The van der Waals surface area contributed by atoms with Crippen molar-refractivity contribution in [3.8, 4) is 0 Å². The molecule has 10 nitrogen and oxygen atoms in total. The second-order valence-corrected chi connectivity index (χ2v) is 13.0. The second kappa shape index (κ2) is 12.6. The predicted octanol–water partition coefficient (Wildman–Crippen LogP) is 2.89. The molecule has 40 heavy (non-hydrogen) atoms. The lowest BCUT2D eigenvalue weighted by molar-refractivity contribution is -0.178. The molecule has 0 N–H and O–H groups in total. The van der Waals surface area contributed by atoms with Crippen LogP contribution < -0.4 is 0 Å². The summed E-state index contributed by atoms with van der Waals surface area (Å²) in [5, 5.41) is -0.636. The summed E-state index contributed by atoms with van der Waals surface area (Å²) < 4.78 is 52.6. The first-order chi connectivity index (χ1) is 18.9. The van der Waals surface area contributed by atoms with Gasteiger partial charge in [-0.1, -0.05) is 66.2 Å². The standard InChI is InChI=1S/C21H27NO9S2.C7H8/c1-21(2)29-14-15(30-21)17(28-10-12-8-6-5-7-9-12)19-22(13(11-32-19)20(24)27-3)18(23)16(14)31-33(4,25)26;1-7-5-3-2-4-6-7/h5-9,13-17,19H,10-11H2,1-4H3;2-6H,1H3/t13-,14-,15-,16-,17-,19-;/m0./s1. The summed E-state index contributed by atoms with van der Waals surface area (Å²) in [5.74, 6) is -2.13. The van der Waals surface area contributed by atoms with Crippen molar-refractivity contribution < 1.29 is 41.1 Å². The maximum absolute atomic E-state index is 13.6. The van der Waals surface area contributed by atoms with E-state index in [4.69, 9.17) is 23.1 Å². The Kier molecular flexibility index (Phi) is 9.59. The third-order valence-electron chi connectivity index (χ3n) is 6.58. The van der Waals surface area contributed by atoms with Crippen molar-refractivity contribution in [2.45, 2.75) is 69.0 Å². The molecule has 218 valence electrons. The zero-order chi connectivity index (χ0) is 29.1. The van der Waals surface area contributed by atoms with Gasteiger partial charge in [0.15, 0.2) is 11.9 Å². The van der Waals surface area contributed by atoms with Crippen LogP contribution in [0.25, 0.3) is 0 Å². The summed E-state index contributed by atoms with van der Waals surface area (Å²) in [6, 6.07) is 18.8. The fourth-order valence-corrected chi connectivity index (χ4v) is 6.97. The van der Waals surface area contributed by atoms with Crippen LogP contribution in [0.5, 0.6) is 0 Å². The zero-order valence-electron chi connectivity index (χ0n) is 23.1. The lowest BCUT2D eigenvalue weighted by Crippen LogP contribution is -2.53. The van der Waals surface area contributed by atoms with Crippen molar-refractivity contribution in [2.24, 2.45) is 0 Å². The first-order valence-corrected chi connectivity index (χ1v) is 15.7. The Hall–Kier alpha value is -2.48. The number of amides is 1. The molecule has 1 amide bonds. The Morgan fingerprint density at radius 3 is 2.20 bits per heavy atom. The van der Waals surface area contributed by atoms with E-state index in [9.17, 15) is 18.0 Å². The van der Waals surface area contributed by atoms with Gasteiger partial charge in [-0.3, -0.25) is 8.98 Å². The van der Waals surface area contributed by atoms with Crippen LogP contribution in [0.3, 0.4) is 0 Å². The SMILES string of the molecule is COC(=O)[C@@H]1CS[C@H]2[C@@H](OCc3ccccc3)[C@H]3OC(C)(C)O[C@@H]3[C@H](OS(C)(=O)=O)C(=O)N12.Cc1ccccc1. The minimum atomic E-state index is -4.04. The van der Waals surface area contributed by atoms with E-state index < -0.39 is 63.6 Å². The second-order valence-electron chi connectivity index (χ2n) is 10.2. The summed E-state index contributed by atoms with van der Waals surface area (Å²) >= 11 is 1.35. The Bertz CT molecular complexity index is 1270. The number of thioether (sulfide) groups is 1. The number of carbonyl (C=O) groups is 2. The van der Waals surface area contributed by atoms with E-state index in [1.54, 1.807) is 13.8 Å². The van der Waals surface area contributed by atoms with Crippen LogP contribution in [0, 0.1) is 6.92 Å². The van der Waals surface area contributed by atoms with Gasteiger partial charge in [0.1, 0.15) is 29.7 Å². The highest BCUT2D eigenvalue weighted by molar-refractivity contribution is 8.00. The fourth-order valence-electron chi connectivity index (χ4n) is 4.90. The highest BCUT2D eigenvalue weighted by atomic mass is 32.2. The predicted molar refractivity (Wildman–Crippen MR) is 149 cm³/mol. The Morgan fingerprint density at radius 2 is 1.65 bits per heavy atom. The lowest BCUT2D eigenvalue weighted by atomic mass is 10.0. The molecule has 2 aromatic rings. The lowest BCUT2D eigenvalue weighted by Gasteiger charge is -2.33. The Morgan fingerprint density at radius 1 is 1.05 bits per heavy atom. The largest absolute Gasteiger partial charge is 0.467 e. The van der Waals surface area contributed by atoms with E-state index in [0.717, 1.165) is 11.8 Å². The summed E-state index contributed by atoms with van der Waals surface area (Å²) in [6.07, 6.45) is -3.29. The van der Waals surface area contributed by atoms with Gasteiger partial charge >= 0.3 is 5.97 Å². The van der Waals surface area contributed by atoms with Crippen LogP contribution in [0.1, 0.15) is 25.0 Å². The van der Waals surface area contributed by atoms with Crippen molar-refractivity contribution in [2.75, 3.05) is 19.1 Å². The number of esters is 1. The van der Waals surface area contributed by atoms with Crippen LogP contribution in [-0.4, -0.2) is 85.9 Å². The number of ether oxygens (including phenoxy) is 4. The maximum atomic E-state index is 13.6. The molecule has 6 atom stereocenters. The number of rotatable bonds is 6. The van der Waals surface area contributed by atoms with Gasteiger partial charge in [-0.05, 0) is 26.3 Å². The molecular weight excluding hydrogens is 558 g/mol. The minimum absolute atomic E-state index is 0.220. The van der Waals surface area contributed by atoms with Crippen molar-refractivity contribution in [1.82, 2.24) is 4.90 Å². The molecule has 2 aromatic carbocycles. The Balaban J connectivity index is 0.000000461. The quantitative estimate of drug-likeness (QED) is 0.366. The van der Waals surface area contributed by atoms with E-state index in [1.165, 1.54) is 29.3 Å². The number of nitrogens with zero attached hydrogens (tertiary/aromatic N) is 1. The third kappa shape index (κ3) is 7.23. The number of benzene rings is 2. The monoisotopic (exact) mass is 593 g/mol. The molecular formula is C28H35NO9S2. The molecule has 3 heterocycles. The summed E-state index contributed by atoms with van der Waals surface area (Å²) in [7, 11) is -2.80. The first-order valence-electron chi connectivity index (χ1n) is 12.8. The van der Waals surface area contributed by atoms with Crippen molar-refractivity contribution >= 4 is 33.8 Å². The van der Waals surface area contributed by atoms with Crippen LogP contribution in [0.4, 0.5) is 0 Å². The van der Waals surface area contributed by atoms with E-state index >= 15 is 0 Å². The number of methoxy groups -OCH3 is 1. The van der Waals surface area contributed by atoms with Crippen LogP contribution in [0.2, 0.25) is 0 Å².